The number of nitriles is 1. The lowest BCUT2D eigenvalue weighted by molar-refractivity contribution is 0.0391. The van der Waals surface area contributed by atoms with E-state index >= 15 is 0 Å². The molecule has 112 valence electrons. The Morgan fingerprint density at radius 2 is 2.14 bits per heavy atom. The van der Waals surface area contributed by atoms with Gasteiger partial charge in [0.05, 0.1) is 11.6 Å². The molecule has 1 aliphatic heterocycles. The summed E-state index contributed by atoms with van der Waals surface area (Å²) in [5.74, 6) is 0.767. The van der Waals surface area contributed by atoms with E-state index in [2.05, 4.69) is 28.9 Å². The lowest BCUT2D eigenvalue weighted by Gasteiger charge is -2.34. The van der Waals surface area contributed by atoms with E-state index in [-0.39, 0.29) is 11.8 Å². The van der Waals surface area contributed by atoms with Gasteiger partial charge in [-0.2, -0.15) is 5.26 Å². The van der Waals surface area contributed by atoms with Crippen LogP contribution in [0.1, 0.15) is 22.9 Å². The Hall–Kier alpha value is -2.09. The Morgan fingerprint density at radius 3 is 2.91 bits per heavy atom. The maximum Gasteiger partial charge on any atom is 0.161 e. The Balaban J connectivity index is 1.85. The fourth-order valence-electron chi connectivity index (χ4n) is 2.68. The summed E-state index contributed by atoms with van der Waals surface area (Å²) in [6, 6.07) is 13.8. The maximum atomic E-state index is 9.07. The molecule has 0 spiro atoms. The fourth-order valence-corrected chi connectivity index (χ4v) is 2.83. The zero-order valence-corrected chi connectivity index (χ0v) is 13.0. The predicted octanol–water partition coefficient (Wildman–Crippen LogP) is 3.49. The minimum atomic E-state index is 0.0120. The van der Waals surface area contributed by atoms with E-state index in [1.165, 1.54) is 11.1 Å². The van der Waals surface area contributed by atoms with Gasteiger partial charge in [-0.15, -0.1) is 0 Å². The molecule has 1 fully saturated rings. The first kappa shape index (κ1) is 14.8. The number of aromatic nitrogens is 1. The molecule has 0 N–H and O–H groups in total. The summed E-state index contributed by atoms with van der Waals surface area (Å²) in [7, 11) is 0. The second-order valence-electron chi connectivity index (χ2n) is 5.27. The zero-order chi connectivity index (χ0) is 15.5. The van der Waals surface area contributed by atoms with Gasteiger partial charge in [-0.1, -0.05) is 35.9 Å². The van der Waals surface area contributed by atoms with Gasteiger partial charge in [-0.3, -0.25) is 0 Å². The molecule has 1 aliphatic rings. The first-order valence-electron chi connectivity index (χ1n) is 7.18. The van der Waals surface area contributed by atoms with Crippen LogP contribution in [0, 0.1) is 18.3 Å². The van der Waals surface area contributed by atoms with Crippen LogP contribution in [0.5, 0.6) is 0 Å². The Labute approximate surface area is 134 Å². The second kappa shape index (κ2) is 6.35. The van der Waals surface area contributed by atoms with Crippen LogP contribution in [0.25, 0.3) is 0 Å². The molecule has 1 atom stereocenters. The Bertz CT molecular complexity index is 726. The molecule has 0 aliphatic carbocycles. The average molecular weight is 314 g/mol. The normalized spacial score (nSPS) is 18.0. The quantitative estimate of drug-likeness (QED) is 0.851. The van der Waals surface area contributed by atoms with Crippen LogP contribution in [-0.4, -0.2) is 24.7 Å². The molecule has 0 bridgehead atoms. The Morgan fingerprint density at radius 1 is 1.32 bits per heavy atom. The van der Waals surface area contributed by atoms with Gasteiger partial charge >= 0.3 is 0 Å². The van der Waals surface area contributed by atoms with Crippen molar-refractivity contribution in [2.45, 2.75) is 13.0 Å². The fraction of sp³-hybridized carbons (Fsp3) is 0.294. The molecule has 1 saturated heterocycles. The van der Waals surface area contributed by atoms with Gasteiger partial charge in [-0.05, 0) is 30.2 Å². The highest BCUT2D eigenvalue weighted by Crippen LogP contribution is 2.28. The number of pyridine rings is 1. The van der Waals surface area contributed by atoms with Crippen LogP contribution < -0.4 is 4.90 Å². The average Bonchev–Trinajstić information content (AvgIpc) is 2.56. The van der Waals surface area contributed by atoms with Crippen LogP contribution >= 0.6 is 11.6 Å². The third-order valence-corrected chi connectivity index (χ3v) is 4.17. The molecule has 2 heterocycles. The monoisotopic (exact) mass is 313 g/mol. The standard InChI is InChI=1S/C17H16ClN3O/c1-12-4-2-3-5-13(12)16-11-21(8-9-22-16)17-7-6-14(18)15(10-19)20-17/h2-7,16H,8-9,11H2,1H3. The molecular formula is C17H16ClN3O. The number of hydrogen-bond acceptors (Lipinski definition) is 4. The van der Waals surface area contributed by atoms with Crippen molar-refractivity contribution in [2.75, 3.05) is 24.6 Å². The topological polar surface area (TPSA) is 49.2 Å². The predicted molar refractivity (Wildman–Crippen MR) is 86.0 cm³/mol. The third-order valence-electron chi connectivity index (χ3n) is 3.86. The van der Waals surface area contributed by atoms with Gasteiger partial charge in [0.25, 0.3) is 0 Å². The number of rotatable bonds is 2. The number of hydrogen-bond donors (Lipinski definition) is 0. The minimum absolute atomic E-state index is 0.0120. The van der Waals surface area contributed by atoms with Crippen molar-refractivity contribution in [3.8, 4) is 6.07 Å². The van der Waals surface area contributed by atoms with E-state index < -0.39 is 0 Å². The van der Waals surface area contributed by atoms with E-state index in [0.29, 0.717) is 18.2 Å². The number of nitrogens with zero attached hydrogens (tertiary/aromatic N) is 3. The highest BCUT2D eigenvalue weighted by Gasteiger charge is 2.24. The van der Waals surface area contributed by atoms with Crippen molar-refractivity contribution in [3.05, 3.63) is 58.2 Å². The van der Waals surface area contributed by atoms with Crippen molar-refractivity contribution in [2.24, 2.45) is 0 Å². The van der Waals surface area contributed by atoms with Gasteiger partial charge in [0.15, 0.2) is 5.69 Å². The molecule has 4 nitrogen and oxygen atoms in total. The van der Waals surface area contributed by atoms with E-state index in [1.54, 1.807) is 6.07 Å². The minimum Gasteiger partial charge on any atom is -0.370 e. The van der Waals surface area contributed by atoms with Gasteiger partial charge in [0.2, 0.25) is 0 Å². The van der Waals surface area contributed by atoms with Crippen molar-refractivity contribution >= 4 is 17.4 Å². The molecule has 2 aromatic rings. The van der Waals surface area contributed by atoms with E-state index in [0.717, 1.165) is 12.4 Å². The van der Waals surface area contributed by atoms with Crippen molar-refractivity contribution in [1.29, 1.82) is 5.26 Å². The zero-order valence-electron chi connectivity index (χ0n) is 12.3. The summed E-state index contributed by atoms with van der Waals surface area (Å²) in [6.07, 6.45) is 0.0120. The van der Waals surface area contributed by atoms with Gasteiger partial charge in [0, 0.05) is 13.1 Å². The lowest BCUT2D eigenvalue weighted by atomic mass is 10.0. The summed E-state index contributed by atoms with van der Waals surface area (Å²) in [6.45, 7) is 4.18. The summed E-state index contributed by atoms with van der Waals surface area (Å²) < 4.78 is 5.92. The third kappa shape index (κ3) is 2.92. The van der Waals surface area contributed by atoms with E-state index in [1.807, 2.05) is 24.3 Å². The number of halogens is 1. The summed E-state index contributed by atoms with van der Waals surface area (Å²) >= 11 is 5.95. The summed E-state index contributed by atoms with van der Waals surface area (Å²) in [5, 5.41) is 9.45. The van der Waals surface area contributed by atoms with Crippen LogP contribution in [0.15, 0.2) is 36.4 Å². The van der Waals surface area contributed by atoms with Gasteiger partial charge < -0.3 is 9.64 Å². The van der Waals surface area contributed by atoms with Crippen molar-refractivity contribution < 1.29 is 4.74 Å². The molecule has 3 rings (SSSR count). The first-order valence-corrected chi connectivity index (χ1v) is 7.55. The molecular weight excluding hydrogens is 298 g/mol. The molecule has 0 radical (unpaired) electrons. The summed E-state index contributed by atoms with van der Waals surface area (Å²) in [4.78, 5) is 6.48. The highest BCUT2D eigenvalue weighted by atomic mass is 35.5. The van der Waals surface area contributed by atoms with Crippen LogP contribution in [0.3, 0.4) is 0 Å². The molecule has 1 aromatic carbocycles. The van der Waals surface area contributed by atoms with Gasteiger partial charge in [-0.25, -0.2) is 4.98 Å². The number of anilines is 1. The number of morpholine rings is 1. The molecule has 1 aromatic heterocycles. The number of benzene rings is 1. The molecule has 0 saturated carbocycles. The smallest absolute Gasteiger partial charge is 0.161 e. The SMILES string of the molecule is Cc1ccccc1C1CN(c2ccc(Cl)c(C#N)n2)CCO1. The lowest BCUT2D eigenvalue weighted by Crippen LogP contribution is -2.39. The largest absolute Gasteiger partial charge is 0.370 e. The van der Waals surface area contributed by atoms with Crippen molar-refractivity contribution in [1.82, 2.24) is 4.98 Å². The molecule has 22 heavy (non-hydrogen) atoms. The number of ether oxygens (including phenoxy) is 1. The van der Waals surface area contributed by atoms with Crippen LogP contribution in [-0.2, 0) is 4.74 Å². The van der Waals surface area contributed by atoms with Crippen LogP contribution in [0.2, 0.25) is 5.02 Å². The van der Waals surface area contributed by atoms with E-state index in [9.17, 15) is 0 Å². The molecule has 1 unspecified atom stereocenters. The van der Waals surface area contributed by atoms with Crippen molar-refractivity contribution in [3.63, 3.8) is 0 Å². The summed E-state index contributed by atoms with van der Waals surface area (Å²) in [5.41, 5.74) is 2.68. The maximum absolute atomic E-state index is 9.07. The van der Waals surface area contributed by atoms with Gasteiger partial charge in [0.1, 0.15) is 18.0 Å². The highest BCUT2D eigenvalue weighted by molar-refractivity contribution is 6.31. The Kier molecular flexibility index (Phi) is 4.28. The second-order valence-corrected chi connectivity index (χ2v) is 5.68. The van der Waals surface area contributed by atoms with Crippen LogP contribution in [0.4, 0.5) is 5.82 Å². The molecule has 0 amide bonds. The number of aryl methyl sites for hydroxylation is 1. The van der Waals surface area contributed by atoms with E-state index in [4.69, 9.17) is 21.6 Å². The molecule has 5 heteroatoms. The first-order chi connectivity index (χ1) is 10.7.